The van der Waals surface area contributed by atoms with Gasteiger partial charge in [0.15, 0.2) is 0 Å². The lowest BCUT2D eigenvalue weighted by molar-refractivity contribution is -0.129. The van der Waals surface area contributed by atoms with Gasteiger partial charge < -0.3 is 15.1 Å². The summed E-state index contributed by atoms with van der Waals surface area (Å²) in [6, 6.07) is 9.48. The van der Waals surface area contributed by atoms with Crippen LogP contribution in [0.15, 0.2) is 30.3 Å². The molecule has 1 aromatic heterocycles. The Labute approximate surface area is 159 Å². The summed E-state index contributed by atoms with van der Waals surface area (Å²) >= 11 is 0. The van der Waals surface area contributed by atoms with E-state index in [1.54, 1.807) is 17.9 Å². The number of amides is 2. The van der Waals surface area contributed by atoms with Crippen LogP contribution in [0.5, 0.6) is 0 Å². The molecule has 1 saturated heterocycles. The fourth-order valence-electron chi connectivity index (χ4n) is 3.05. The van der Waals surface area contributed by atoms with E-state index < -0.39 is 0 Å². The van der Waals surface area contributed by atoms with E-state index in [1.807, 2.05) is 36.1 Å². The van der Waals surface area contributed by atoms with Crippen LogP contribution < -0.4 is 10.2 Å². The predicted octanol–water partition coefficient (Wildman–Crippen LogP) is 2.27. The van der Waals surface area contributed by atoms with Gasteiger partial charge in [-0.25, -0.2) is 9.97 Å². The monoisotopic (exact) mass is 367 g/mol. The quantitative estimate of drug-likeness (QED) is 0.897. The van der Waals surface area contributed by atoms with Gasteiger partial charge >= 0.3 is 0 Å². The standard InChI is InChI=1S/C20H25N5O2/c1-4-16-5-7-17(8-6-16)22-19(27)18-13-14(2)21-20(23-18)25-11-9-24(10-12-25)15(3)26/h5-8,13H,4,9-12H2,1-3H3,(H,22,27). The van der Waals surface area contributed by atoms with Gasteiger partial charge in [-0.2, -0.15) is 0 Å². The molecule has 0 atom stereocenters. The minimum atomic E-state index is -0.256. The van der Waals surface area contributed by atoms with Gasteiger partial charge in [0, 0.05) is 44.5 Å². The van der Waals surface area contributed by atoms with Crippen molar-refractivity contribution in [2.75, 3.05) is 36.4 Å². The van der Waals surface area contributed by atoms with E-state index in [4.69, 9.17) is 0 Å². The van der Waals surface area contributed by atoms with Crippen LogP contribution in [0.2, 0.25) is 0 Å². The van der Waals surface area contributed by atoms with E-state index in [1.165, 1.54) is 5.56 Å². The maximum absolute atomic E-state index is 12.6. The average molecular weight is 367 g/mol. The van der Waals surface area contributed by atoms with E-state index in [-0.39, 0.29) is 11.8 Å². The fourth-order valence-corrected chi connectivity index (χ4v) is 3.05. The minimum Gasteiger partial charge on any atom is -0.339 e. The SMILES string of the molecule is CCc1ccc(NC(=O)c2cc(C)nc(N3CCN(C(C)=O)CC3)n2)cc1. The van der Waals surface area contributed by atoms with Gasteiger partial charge in [-0.1, -0.05) is 19.1 Å². The van der Waals surface area contributed by atoms with Crippen LogP contribution in [0.1, 0.15) is 35.6 Å². The Morgan fingerprint density at radius 3 is 2.33 bits per heavy atom. The van der Waals surface area contributed by atoms with E-state index in [0.717, 1.165) is 17.8 Å². The first-order valence-corrected chi connectivity index (χ1v) is 9.22. The second kappa shape index (κ2) is 8.16. The first-order valence-electron chi connectivity index (χ1n) is 9.22. The molecule has 0 radical (unpaired) electrons. The summed E-state index contributed by atoms with van der Waals surface area (Å²) in [5.74, 6) is 0.354. The number of hydrogen-bond donors (Lipinski definition) is 1. The highest BCUT2D eigenvalue weighted by atomic mass is 16.2. The highest BCUT2D eigenvalue weighted by molar-refractivity contribution is 6.03. The van der Waals surface area contributed by atoms with Gasteiger partial charge in [-0.3, -0.25) is 9.59 Å². The molecule has 0 spiro atoms. The highest BCUT2D eigenvalue weighted by Crippen LogP contribution is 2.15. The number of nitrogens with one attached hydrogen (secondary N) is 1. The number of carbonyl (C=O) groups is 2. The van der Waals surface area contributed by atoms with E-state index in [2.05, 4.69) is 22.2 Å². The van der Waals surface area contributed by atoms with Crippen molar-refractivity contribution < 1.29 is 9.59 Å². The summed E-state index contributed by atoms with van der Waals surface area (Å²) in [5, 5.41) is 2.89. The summed E-state index contributed by atoms with van der Waals surface area (Å²) in [4.78, 5) is 36.8. The Kier molecular flexibility index (Phi) is 5.69. The summed E-state index contributed by atoms with van der Waals surface area (Å²) in [6.45, 7) is 8.11. The van der Waals surface area contributed by atoms with Crippen molar-refractivity contribution >= 4 is 23.5 Å². The smallest absolute Gasteiger partial charge is 0.274 e. The summed E-state index contributed by atoms with van der Waals surface area (Å²) in [7, 11) is 0. The Morgan fingerprint density at radius 2 is 1.74 bits per heavy atom. The second-order valence-corrected chi connectivity index (χ2v) is 6.69. The molecule has 0 aliphatic carbocycles. The molecule has 0 saturated carbocycles. The van der Waals surface area contributed by atoms with Gasteiger partial charge in [-0.15, -0.1) is 0 Å². The van der Waals surface area contributed by atoms with E-state index >= 15 is 0 Å². The zero-order valence-corrected chi connectivity index (χ0v) is 16.0. The zero-order chi connectivity index (χ0) is 19.4. The molecule has 2 heterocycles. The molecule has 0 unspecified atom stereocenters. The third-order valence-electron chi connectivity index (χ3n) is 4.70. The van der Waals surface area contributed by atoms with Gasteiger partial charge in [0.05, 0.1) is 0 Å². The highest BCUT2D eigenvalue weighted by Gasteiger charge is 2.22. The lowest BCUT2D eigenvalue weighted by Crippen LogP contribution is -2.48. The summed E-state index contributed by atoms with van der Waals surface area (Å²) in [5.41, 5.74) is 3.04. The number of benzene rings is 1. The number of rotatable bonds is 4. The van der Waals surface area contributed by atoms with Crippen molar-refractivity contribution in [3.8, 4) is 0 Å². The van der Waals surface area contributed by atoms with Crippen molar-refractivity contribution in [1.29, 1.82) is 0 Å². The number of aryl methyl sites for hydroxylation is 2. The molecule has 2 aromatic rings. The van der Waals surface area contributed by atoms with Gasteiger partial charge in [0.1, 0.15) is 5.69 Å². The van der Waals surface area contributed by atoms with Crippen molar-refractivity contribution in [3.63, 3.8) is 0 Å². The molecule has 1 aliphatic heterocycles. The number of nitrogens with zero attached hydrogens (tertiary/aromatic N) is 4. The van der Waals surface area contributed by atoms with Crippen LogP contribution >= 0.6 is 0 Å². The predicted molar refractivity (Wildman–Crippen MR) is 105 cm³/mol. The first-order chi connectivity index (χ1) is 13.0. The van der Waals surface area contributed by atoms with Crippen LogP contribution in [0.3, 0.4) is 0 Å². The molecule has 0 bridgehead atoms. The largest absolute Gasteiger partial charge is 0.339 e. The van der Waals surface area contributed by atoms with Crippen LogP contribution in [-0.2, 0) is 11.2 Å². The second-order valence-electron chi connectivity index (χ2n) is 6.69. The van der Waals surface area contributed by atoms with Crippen LogP contribution in [-0.4, -0.2) is 52.9 Å². The Bertz CT molecular complexity index is 827. The lowest BCUT2D eigenvalue weighted by Gasteiger charge is -2.34. The molecule has 3 rings (SSSR count). The normalized spacial score (nSPS) is 14.2. The topological polar surface area (TPSA) is 78.4 Å². The van der Waals surface area contributed by atoms with Crippen molar-refractivity contribution in [2.24, 2.45) is 0 Å². The number of hydrogen-bond acceptors (Lipinski definition) is 5. The van der Waals surface area contributed by atoms with Crippen LogP contribution in [0.25, 0.3) is 0 Å². The molecule has 1 aromatic carbocycles. The Balaban J connectivity index is 1.72. The molecule has 1 N–H and O–H groups in total. The van der Waals surface area contributed by atoms with Gasteiger partial charge in [0.25, 0.3) is 5.91 Å². The Hall–Kier alpha value is -2.96. The zero-order valence-electron chi connectivity index (χ0n) is 16.0. The third kappa shape index (κ3) is 4.61. The maximum Gasteiger partial charge on any atom is 0.274 e. The summed E-state index contributed by atoms with van der Waals surface area (Å²) < 4.78 is 0. The van der Waals surface area contributed by atoms with Gasteiger partial charge in [-0.05, 0) is 37.1 Å². The Morgan fingerprint density at radius 1 is 1.07 bits per heavy atom. The molecular formula is C20H25N5O2. The maximum atomic E-state index is 12.6. The van der Waals surface area contributed by atoms with E-state index in [0.29, 0.717) is 37.8 Å². The third-order valence-corrected chi connectivity index (χ3v) is 4.70. The van der Waals surface area contributed by atoms with Crippen molar-refractivity contribution in [1.82, 2.24) is 14.9 Å². The van der Waals surface area contributed by atoms with E-state index in [9.17, 15) is 9.59 Å². The average Bonchev–Trinajstić information content (AvgIpc) is 2.68. The number of anilines is 2. The van der Waals surface area contributed by atoms with Crippen LogP contribution in [0.4, 0.5) is 11.6 Å². The minimum absolute atomic E-state index is 0.0777. The molecule has 1 aliphatic rings. The van der Waals surface area contributed by atoms with Crippen molar-refractivity contribution in [3.05, 3.63) is 47.3 Å². The number of aromatic nitrogens is 2. The molecule has 1 fully saturated rings. The molecule has 7 heteroatoms. The molecular weight excluding hydrogens is 342 g/mol. The molecule has 27 heavy (non-hydrogen) atoms. The summed E-state index contributed by atoms with van der Waals surface area (Å²) in [6.07, 6.45) is 0.958. The fraction of sp³-hybridized carbons (Fsp3) is 0.400. The first kappa shape index (κ1) is 18.8. The molecule has 7 nitrogen and oxygen atoms in total. The van der Waals surface area contributed by atoms with Crippen LogP contribution in [0, 0.1) is 6.92 Å². The van der Waals surface area contributed by atoms with Gasteiger partial charge in [0.2, 0.25) is 11.9 Å². The number of carbonyl (C=O) groups excluding carboxylic acids is 2. The molecule has 2 amide bonds. The molecule has 142 valence electrons. The lowest BCUT2D eigenvalue weighted by atomic mass is 10.1. The number of piperazine rings is 1. The van der Waals surface area contributed by atoms with Crippen molar-refractivity contribution in [2.45, 2.75) is 27.2 Å².